The first-order chi connectivity index (χ1) is 34.4. The zero-order valence-electron chi connectivity index (χ0n) is 46.2. The number of likely N-dealkylation sites (N-methyl/N-ethyl adjacent to an activating group) is 1. The molecule has 0 fully saturated rings. The average molecular weight is 1010 g/mol. The van der Waals surface area contributed by atoms with Crippen LogP contribution in [0, 0.1) is 0 Å². The molecule has 0 aliphatic rings. The molecular weight excluding hydrogens is 904 g/mol. The van der Waals surface area contributed by atoms with Crippen LogP contribution in [0.5, 0.6) is 0 Å². The Morgan fingerprint density at radius 2 is 0.915 bits per heavy atom. The van der Waals surface area contributed by atoms with Crippen LogP contribution in [-0.4, -0.2) is 74.3 Å². The molecule has 0 aliphatic carbocycles. The molecule has 0 rings (SSSR count). The Kier molecular flexibility index (Phi) is 47.9. The molecule has 0 radical (unpaired) electrons. The van der Waals surface area contributed by atoms with Gasteiger partial charge >= 0.3 is 13.8 Å². The minimum absolute atomic E-state index is 0.0219. The van der Waals surface area contributed by atoms with Crippen LogP contribution in [0.1, 0.15) is 213 Å². The van der Waals surface area contributed by atoms with E-state index in [-0.39, 0.29) is 25.5 Å². The van der Waals surface area contributed by atoms with Gasteiger partial charge in [0.2, 0.25) is 5.91 Å². The lowest BCUT2D eigenvalue weighted by Crippen LogP contribution is -2.47. The van der Waals surface area contributed by atoms with Gasteiger partial charge in [-0.1, -0.05) is 214 Å². The maximum Gasteiger partial charge on any atom is 0.472 e. The van der Waals surface area contributed by atoms with Crippen molar-refractivity contribution in [3.8, 4) is 0 Å². The van der Waals surface area contributed by atoms with Gasteiger partial charge in [0.1, 0.15) is 19.3 Å². The summed E-state index contributed by atoms with van der Waals surface area (Å²) >= 11 is 0. The largest absolute Gasteiger partial charge is 0.472 e. The van der Waals surface area contributed by atoms with Crippen molar-refractivity contribution < 1.29 is 37.3 Å². The van der Waals surface area contributed by atoms with E-state index in [9.17, 15) is 19.0 Å². The van der Waals surface area contributed by atoms with Crippen LogP contribution in [0.15, 0.2) is 109 Å². The molecule has 0 spiro atoms. The normalized spacial score (nSPS) is 14.6. The Morgan fingerprint density at radius 3 is 1.38 bits per heavy atom. The zero-order chi connectivity index (χ0) is 52.2. The minimum Gasteiger partial charge on any atom is -0.456 e. The number of nitrogens with zero attached hydrogens (tertiary/aromatic N) is 1. The third-order valence-electron chi connectivity index (χ3n) is 11.7. The summed E-state index contributed by atoms with van der Waals surface area (Å²) in [6, 6.07) is -0.888. The number of carbonyl (C=O) groups excluding carboxylic acids is 2. The molecule has 0 saturated heterocycles. The highest BCUT2D eigenvalue weighted by molar-refractivity contribution is 7.47. The number of unbranched alkanes of at least 4 members (excludes halogenated alkanes) is 17. The van der Waals surface area contributed by atoms with Crippen LogP contribution < -0.4 is 5.32 Å². The molecule has 3 atom stereocenters. The summed E-state index contributed by atoms with van der Waals surface area (Å²) in [5.41, 5.74) is 0. The van der Waals surface area contributed by atoms with Gasteiger partial charge in [0.25, 0.3) is 0 Å². The third kappa shape index (κ3) is 51.4. The Bertz CT molecular complexity index is 1580. The van der Waals surface area contributed by atoms with Gasteiger partial charge in [-0.3, -0.25) is 18.6 Å². The van der Waals surface area contributed by atoms with E-state index in [1.54, 1.807) is 0 Å². The lowest BCUT2D eigenvalue weighted by atomic mass is 10.0. The molecule has 0 aliphatic heterocycles. The van der Waals surface area contributed by atoms with Gasteiger partial charge in [-0.05, 0) is 96.0 Å². The molecule has 0 aromatic heterocycles. The summed E-state index contributed by atoms with van der Waals surface area (Å²) in [6.07, 6.45) is 68.1. The number of ether oxygens (including phenoxy) is 1. The molecule has 3 unspecified atom stereocenters. The minimum atomic E-state index is -4.47. The van der Waals surface area contributed by atoms with E-state index in [0.717, 1.165) is 103 Å². The van der Waals surface area contributed by atoms with Gasteiger partial charge in [-0.2, -0.15) is 0 Å². The predicted molar refractivity (Wildman–Crippen MR) is 304 cm³/mol. The maximum atomic E-state index is 13.5. The van der Waals surface area contributed by atoms with Crippen molar-refractivity contribution in [1.82, 2.24) is 5.32 Å². The number of quaternary nitrogens is 1. The molecular formula is C61H106N2O7P+. The van der Waals surface area contributed by atoms with Crippen LogP contribution in [0.25, 0.3) is 0 Å². The summed E-state index contributed by atoms with van der Waals surface area (Å²) in [4.78, 5) is 37.5. The molecule has 2 N–H and O–H groups in total. The highest BCUT2D eigenvalue weighted by Crippen LogP contribution is 2.43. The summed E-state index contributed by atoms with van der Waals surface area (Å²) in [6.45, 7) is 6.71. The molecule has 1 amide bonds. The third-order valence-corrected chi connectivity index (χ3v) is 12.7. The Balaban J connectivity index is 5.49. The Morgan fingerprint density at radius 1 is 0.507 bits per heavy atom. The molecule has 0 heterocycles. The number of carbonyl (C=O) groups is 2. The molecule has 9 nitrogen and oxygen atoms in total. The molecule has 0 saturated carbocycles. The van der Waals surface area contributed by atoms with Gasteiger partial charge in [-0.25, -0.2) is 4.57 Å². The predicted octanol–water partition coefficient (Wildman–Crippen LogP) is 17.0. The highest BCUT2D eigenvalue weighted by atomic mass is 31.2. The van der Waals surface area contributed by atoms with Crippen LogP contribution in [-0.2, 0) is 27.9 Å². The van der Waals surface area contributed by atoms with E-state index in [4.69, 9.17) is 13.8 Å². The highest BCUT2D eigenvalue weighted by Gasteiger charge is 2.30. The van der Waals surface area contributed by atoms with Gasteiger partial charge in [0.05, 0.1) is 33.8 Å². The van der Waals surface area contributed by atoms with E-state index in [2.05, 4.69) is 111 Å². The monoisotopic (exact) mass is 1010 g/mol. The van der Waals surface area contributed by atoms with E-state index < -0.39 is 25.9 Å². The molecule has 10 heteroatoms. The van der Waals surface area contributed by atoms with Crippen molar-refractivity contribution in [2.24, 2.45) is 0 Å². The Hall–Kier alpha value is -3.33. The van der Waals surface area contributed by atoms with Crippen LogP contribution in [0.4, 0.5) is 0 Å². The van der Waals surface area contributed by atoms with E-state index in [1.807, 2.05) is 45.4 Å². The smallest absolute Gasteiger partial charge is 0.456 e. The summed E-state index contributed by atoms with van der Waals surface area (Å²) in [5, 5.41) is 3.02. The zero-order valence-corrected chi connectivity index (χ0v) is 47.1. The molecule has 0 aromatic carbocycles. The number of rotatable bonds is 49. The van der Waals surface area contributed by atoms with Crippen molar-refractivity contribution in [2.75, 3.05) is 40.9 Å². The molecule has 0 bridgehead atoms. The molecule has 406 valence electrons. The SMILES string of the molecule is CC/C=C\C/C=C\C/C=C\C/C=C\C/C=C\C/C=C\CCC(=O)OC(/C=C/CCCCCCCCCCCC)C(COP(=O)(O)OCC[N+](C)(C)C)NC(=O)CCCCCCCCC/C=C/C/C=C/CC. The Labute approximate surface area is 436 Å². The summed E-state index contributed by atoms with van der Waals surface area (Å²) < 4.78 is 30.5. The number of phosphoric acid groups is 1. The lowest BCUT2D eigenvalue weighted by molar-refractivity contribution is -0.870. The van der Waals surface area contributed by atoms with E-state index >= 15 is 0 Å². The first kappa shape index (κ1) is 67.7. The maximum absolute atomic E-state index is 13.5. The van der Waals surface area contributed by atoms with Crippen molar-refractivity contribution in [3.63, 3.8) is 0 Å². The number of allylic oxidation sites excluding steroid dienone is 17. The first-order valence-electron chi connectivity index (χ1n) is 28.2. The second-order valence-corrected chi connectivity index (χ2v) is 21.1. The van der Waals surface area contributed by atoms with E-state index in [0.29, 0.717) is 23.9 Å². The van der Waals surface area contributed by atoms with Crippen LogP contribution in [0.2, 0.25) is 0 Å². The number of esters is 1. The second kappa shape index (κ2) is 50.2. The number of nitrogens with one attached hydrogen (secondary N) is 1. The average Bonchev–Trinajstić information content (AvgIpc) is 3.33. The van der Waals surface area contributed by atoms with Gasteiger partial charge in [0, 0.05) is 12.8 Å². The van der Waals surface area contributed by atoms with Gasteiger partial charge < -0.3 is 19.4 Å². The fourth-order valence-corrected chi connectivity index (χ4v) is 8.15. The molecule has 71 heavy (non-hydrogen) atoms. The van der Waals surface area contributed by atoms with Gasteiger partial charge in [0.15, 0.2) is 0 Å². The standard InChI is InChI=1S/C61H105N2O7P/c1-7-10-13-16-19-22-25-28-30-31-32-33-34-36-39-42-45-48-51-54-61(65)70-59(52-49-46-43-40-37-27-24-21-18-15-12-9-3)58(57-69-71(66,67)68-56-55-63(4,5)6)62-60(64)53-50-47-44-41-38-35-29-26-23-20-17-14-11-8-2/h10-11,13-14,19-20,22-23,28,30,32-33,36,39,45,48-49,52,58-59H,7-9,12,15-18,21,24-27,29,31,34-35,37-38,40-44,46-47,50-51,53-57H2,1-6H3,(H-,62,64,66,67)/p+1/b13-10-,14-11+,22-19-,23-20+,30-28-,33-32-,39-36-,48-45-,52-49+. The fraction of sp³-hybridized carbons (Fsp3) is 0.672. The van der Waals surface area contributed by atoms with Gasteiger partial charge in [-0.15, -0.1) is 0 Å². The second-order valence-electron chi connectivity index (χ2n) is 19.7. The lowest BCUT2D eigenvalue weighted by Gasteiger charge is -2.27. The summed E-state index contributed by atoms with van der Waals surface area (Å²) in [7, 11) is 1.43. The van der Waals surface area contributed by atoms with E-state index in [1.165, 1.54) is 70.6 Å². The van der Waals surface area contributed by atoms with Crippen LogP contribution >= 0.6 is 7.82 Å². The van der Waals surface area contributed by atoms with Crippen molar-refractivity contribution in [1.29, 1.82) is 0 Å². The quantitative estimate of drug-likeness (QED) is 0.0205. The van der Waals surface area contributed by atoms with Crippen molar-refractivity contribution in [3.05, 3.63) is 109 Å². The number of phosphoric ester groups is 1. The molecule has 0 aromatic rings. The van der Waals surface area contributed by atoms with Crippen LogP contribution in [0.3, 0.4) is 0 Å². The summed E-state index contributed by atoms with van der Waals surface area (Å²) in [5.74, 6) is -0.621. The number of amides is 1. The van der Waals surface area contributed by atoms with Crippen molar-refractivity contribution >= 4 is 19.7 Å². The van der Waals surface area contributed by atoms with Crippen molar-refractivity contribution in [2.45, 2.75) is 226 Å². The first-order valence-corrected chi connectivity index (χ1v) is 29.7. The number of hydrogen-bond donors (Lipinski definition) is 2. The topological polar surface area (TPSA) is 111 Å². The number of hydrogen-bond acceptors (Lipinski definition) is 6. The fourth-order valence-electron chi connectivity index (χ4n) is 7.41.